The topological polar surface area (TPSA) is 20.2 Å². The molecule has 1 atom stereocenters. The molecule has 0 saturated carbocycles. The van der Waals surface area contributed by atoms with Crippen LogP contribution in [0, 0.1) is 20.8 Å². The lowest BCUT2D eigenvalue weighted by Gasteiger charge is -2.16. The molecule has 1 unspecified atom stereocenters. The normalized spacial score (nSPS) is 12.5. The highest BCUT2D eigenvalue weighted by atomic mass is 79.9. The van der Waals surface area contributed by atoms with Crippen LogP contribution in [0.5, 0.6) is 0 Å². The molecule has 2 aromatic rings. The van der Waals surface area contributed by atoms with Crippen LogP contribution in [-0.2, 0) is 0 Å². The van der Waals surface area contributed by atoms with E-state index < -0.39 is 6.10 Å². The summed E-state index contributed by atoms with van der Waals surface area (Å²) in [5.41, 5.74) is 5.32. The van der Waals surface area contributed by atoms with Crippen molar-refractivity contribution in [1.29, 1.82) is 0 Å². The summed E-state index contributed by atoms with van der Waals surface area (Å²) in [7, 11) is 0. The average Bonchev–Trinajstić information content (AvgIpc) is 2.33. The van der Waals surface area contributed by atoms with Gasteiger partial charge in [-0.3, -0.25) is 0 Å². The van der Waals surface area contributed by atoms with Gasteiger partial charge in [0.2, 0.25) is 0 Å². The van der Waals surface area contributed by atoms with Crippen molar-refractivity contribution >= 4 is 15.9 Å². The first-order valence-electron chi connectivity index (χ1n) is 6.00. The molecule has 0 aliphatic heterocycles. The second kappa shape index (κ2) is 5.25. The van der Waals surface area contributed by atoms with Crippen molar-refractivity contribution in [3.63, 3.8) is 0 Å². The largest absolute Gasteiger partial charge is 0.384 e. The molecule has 0 saturated heterocycles. The number of hydrogen-bond acceptors (Lipinski definition) is 1. The van der Waals surface area contributed by atoms with Crippen molar-refractivity contribution in [3.8, 4) is 0 Å². The van der Waals surface area contributed by atoms with Crippen LogP contribution in [0.4, 0.5) is 0 Å². The van der Waals surface area contributed by atoms with Crippen molar-refractivity contribution in [1.82, 2.24) is 0 Å². The Hall–Kier alpha value is -1.12. The highest BCUT2D eigenvalue weighted by Crippen LogP contribution is 2.29. The summed E-state index contributed by atoms with van der Waals surface area (Å²) in [4.78, 5) is 0. The maximum atomic E-state index is 10.5. The monoisotopic (exact) mass is 304 g/mol. The predicted octanol–water partition coefficient (Wildman–Crippen LogP) is 4.46. The molecule has 0 aromatic heterocycles. The maximum Gasteiger partial charge on any atom is 0.104 e. The van der Waals surface area contributed by atoms with Gasteiger partial charge in [0.15, 0.2) is 0 Å². The Morgan fingerprint density at radius 3 is 2.39 bits per heavy atom. The quantitative estimate of drug-likeness (QED) is 0.868. The Labute approximate surface area is 117 Å². The second-order valence-electron chi connectivity index (χ2n) is 4.77. The fourth-order valence-electron chi connectivity index (χ4n) is 2.12. The lowest BCUT2D eigenvalue weighted by Crippen LogP contribution is -2.03. The summed E-state index contributed by atoms with van der Waals surface area (Å²) in [5.74, 6) is 0. The number of aryl methyl sites for hydroxylation is 3. The molecular formula is C16H17BrO. The van der Waals surface area contributed by atoms with Gasteiger partial charge in [-0.25, -0.2) is 0 Å². The predicted molar refractivity (Wildman–Crippen MR) is 78.9 cm³/mol. The van der Waals surface area contributed by atoms with Gasteiger partial charge in [-0.15, -0.1) is 0 Å². The fraction of sp³-hybridized carbons (Fsp3) is 0.250. The SMILES string of the molecule is Cc1cccc(C(O)c2cc(C)c(Br)cc2C)c1. The lowest BCUT2D eigenvalue weighted by atomic mass is 9.95. The summed E-state index contributed by atoms with van der Waals surface area (Å²) < 4.78 is 1.08. The molecule has 94 valence electrons. The van der Waals surface area contributed by atoms with E-state index in [1.54, 1.807) is 0 Å². The summed E-state index contributed by atoms with van der Waals surface area (Å²) in [6.07, 6.45) is -0.559. The summed E-state index contributed by atoms with van der Waals surface area (Å²) in [6, 6.07) is 12.1. The van der Waals surface area contributed by atoms with Gasteiger partial charge in [-0.2, -0.15) is 0 Å². The molecule has 0 radical (unpaired) electrons. The van der Waals surface area contributed by atoms with Crippen molar-refractivity contribution in [2.24, 2.45) is 0 Å². The minimum Gasteiger partial charge on any atom is -0.384 e. The first-order chi connectivity index (χ1) is 8.49. The zero-order chi connectivity index (χ0) is 13.3. The van der Waals surface area contributed by atoms with Crippen LogP contribution in [0.15, 0.2) is 40.9 Å². The molecule has 18 heavy (non-hydrogen) atoms. The molecule has 0 aliphatic carbocycles. The number of benzene rings is 2. The molecule has 2 rings (SSSR count). The molecule has 0 amide bonds. The number of halogens is 1. The smallest absolute Gasteiger partial charge is 0.104 e. The molecule has 0 bridgehead atoms. The van der Waals surface area contributed by atoms with Crippen LogP contribution in [0.25, 0.3) is 0 Å². The first-order valence-corrected chi connectivity index (χ1v) is 6.79. The van der Waals surface area contributed by atoms with E-state index in [2.05, 4.69) is 22.0 Å². The molecule has 2 aromatic carbocycles. The zero-order valence-electron chi connectivity index (χ0n) is 10.9. The van der Waals surface area contributed by atoms with Gasteiger partial charge >= 0.3 is 0 Å². The van der Waals surface area contributed by atoms with Gasteiger partial charge in [0.25, 0.3) is 0 Å². The molecule has 0 heterocycles. The average molecular weight is 305 g/mol. The molecule has 1 nitrogen and oxygen atoms in total. The molecule has 2 heteroatoms. The molecule has 0 spiro atoms. The molecule has 0 fully saturated rings. The zero-order valence-corrected chi connectivity index (χ0v) is 12.5. The van der Waals surface area contributed by atoms with Crippen LogP contribution in [0.3, 0.4) is 0 Å². The highest BCUT2D eigenvalue weighted by molar-refractivity contribution is 9.10. The molecular weight excluding hydrogens is 288 g/mol. The summed E-state index contributed by atoms with van der Waals surface area (Å²) in [5, 5.41) is 10.5. The van der Waals surface area contributed by atoms with E-state index in [4.69, 9.17) is 0 Å². The number of aliphatic hydroxyl groups excluding tert-OH is 1. The minimum atomic E-state index is -0.559. The molecule has 1 N–H and O–H groups in total. The van der Waals surface area contributed by atoms with E-state index in [1.807, 2.05) is 51.1 Å². The third kappa shape index (κ3) is 2.65. The van der Waals surface area contributed by atoms with Crippen molar-refractivity contribution in [2.75, 3.05) is 0 Å². The van der Waals surface area contributed by atoms with Crippen LogP contribution < -0.4 is 0 Å². The van der Waals surface area contributed by atoms with E-state index in [1.165, 1.54) is 0 Å². The Balaban J connectivity index is 2.46. The van der Waals surface area contributed by atoms with E-state index in [0.717, 1.165) is 32.3 Å². The van der Waals surface area contributed by atoms with Crippen molar-refractivity contribution in [3.05, 3.63) is 68.7 Å². The minimum absolute atomic E-state index is 0.559. The van der Waals surface area contributed by atoms with Gasteiger partial charge in [-0.05, 0) is 49.1 Å². The summed E-state index contributed by atoms with van der Waals surface area (Å²) >= 11 is 3.52. The van der Waals surface area contributed by atoms with Gasteiger partial charge in [-0.1, -0.05) is 51.8 Å². The third-order valence-corrected chi connectivity index (χ3v) is 4.05. The maximum absolute atomic E-state index is 10.5. The van der Waals surface area contributed by atoms with Gasteiger partial charge in [0, 0.05) is 4.47 Å². The van der Waals surface area contributed by atoms with Crippen molar-refractivity contribution < 1.29 is 5.11 Å². The van der Waals surface area contributed by atoms with Crippen LogP contribution in [0.2, 0.25) is 0 Å². The standard InChI is InChI=1S/C16H17BrO/c1-10-5-4-6-13(7-10)16(18)14-8-12(3)15(17)9-11(14)2/h4-9,16,18H,1-3H3. The Bertz CT molecular complexity index is 575. The number of rotatable bonds is 2. The van der Waals surface area contributed by atoms with Gasteiger partial charge < -0.3 is 5.11 Å². The van der Waals surface area contributed by atoms with Gasteiger partial charge in [0.05, 0.1) is 0 Å². The Morgan fingerprint density at radius 1 is 1.00 bits per heavy atom. The second-order valence-corrected chi connectivity index (χ2v) is 5.63. The van der Waals surface area contributed by atoms with E-state index in [9.17, 15) is 5.11 Å². The highest BCUT2D eigenvalue weighted by Gasteiger charge is 2.14. The Morgan fingerprint density at radius 2 is 1.72 bits per heavy atom. The number of hydrogen-bond donors (Lipinski definition) is 1. The van der Waals surface area contributed by atoms with Crippen molar-refractivity contribution in [2.45, 2.75) is 26.9 Å². The third-order valence-electron chi connectivity index (χ3n) is 3.20. The lowest BCUT2D eigenvalue weighted by molar-refractivity contribution is 0.219. The first kappa shape index (κ1) is 13.3. The van der Waals surface area contributed by atoms with Gasteiger partial charge in [0.1, 0.15) is 6.10 Å². The van der Waals surface area contributed by atoms with E-state index in [-0.39, 0.29) is 0 Å². The fourth-order valence-corrected chi connectivity index (χ4v) is 2.58. The van der Waals surface area contributed by atoms with Crippen LogP contribution >= 0.6 is 15.9 Å². The van der Waals surface area contributed by atoms with Crippen LogP contribution in [-0.4, -0.2) is 5.11 Å². The van der Waals surface area contributed by atoms with E-state index >= 15 is 0 Å². The van der Waals surface area contributed by atoms with Crippen LogP contribution in [0.1, 0.15) is 33.9 Å². The summed E-state index contributed by atoms with van der Waals surface area (Å²) in [6.45, 7) is 6.10. The van der Waals surface area contributed by atoms with E-state index in [0.29, 0.717) is 0 Å². The number of aliphatic hydroxyl groups is 1. The molecule has 0 aliphatic rings. The Kier molecular flexibility index (Phi) is 3.88.